The molecule has 0 aliphatic heterocycles. The van der Waals surface area contributed by atoms with Gasteiger partial charge >= 0.3 is 6.61 Å². The van der Waals surface area contributed by atoms with Crippen LogP contribution < -0.4 is 15.4 Å². The number of amides is 1. The average Bonchev–Trinajstić information content (AvgIpc) is 2.69. The monoisotopic (exact) mass is 416 g/mol. The van der Waals surface area contributed by atoms with Crippen molar-refractivity contribution in [3.05, 3.63) is 48.5 Å². The standard InChI is InChI=1S/C19H18F2N6O3/c1-11(28)25-16-5-15(26-17-8-22-9-18(27-17)30-19(20)21)13(7-24-16)14-4-3-12(6-23-14)10-29-2/h3-9,19H,10H2,1-2H3,(H2,24,25,26,27,28). The predicted molar refractivity (Wildman–Crippen MR) is 104 cm³/mol. The summed E-state index contributed by atoms with van der Waals surface area (Å²) in [7, 11) is 1.59. The van der Waals surface area contributed by atoms with Gasteiger partial charge in [0.2, 0.25) is 11.8 Å². The Labute approximate surface area is 170 Å². The van der Waals surface area contributed by atoms with Gasteiger partial charge in [0.05, 0.1) is 30.4 Å². The number of carbonyl (C=O) groups is 1. The molecule has 0 aliphatic rings. The van der Waals surface area contributed by atoms with E-state index < -0.39 is 6.61 Å². The van der Waals surface area contributed by atoms with Crippen molar-refractivity contribution in [1.29, 1.82) is 0 Å². The summed E-state index contributed by atoms with van der Waals surface area (Å²) < 4.78 is 34.3. The van der Waals surface area contributed by atoms with E-state index in [1.54, 1.807) is 25.4 Å². The number of carbonyl (C=O) groups excluding carboxylic acids is 1. The molecule has 3 heterocycles. The number of ether oxygens (including phenoxy) is 2. The fourth-order valence-corrected chi connectivity index (χ4v) is 2.54. The van der Waals surface area contributed by atoms with E-state index in [0.717, 1.165) is 11.8 Å². The number of methoxy groups -OCH3 is 1. The zero-order chi connectivity index (χ0) is 21.5. The van der Waals surface area contributed by atoms with Crippen LogP contribution >= 0.6 is 0 Å². The van der Waals surface area contributed by atoms with Crippen LogP contribution in [0.4, 0.5) is 26.1 Å². The molecule has 3 rings (SSSR count). The lowest BCUT2D eigenvalue weighted by atomic mass is 10.1. The Morgan fingerprint density at radius 2 is 1.97 bits per heavy atom. The molecule has 11 heteroatoms. The number of pyridine rings is 2. The first-order chi connectivity index (χ1) is 14.4. The van der Waals surface area contributed by atoms with Crippen LogP contribution in [0.1, 0.15) is 12.5 Å². The first kappa shape index (κ1) is 21.0. The minimum atomic E-state index is -3.02. The van der Waals surface area contributed by atoms with E-state index in [0.29, 0.717) is 23.6 Å². The van der Waals surface area contributed by atoms with Crippen LogP contribution in [-0.4, -0.2) is 39.6 Å². The van der Waals surface area contributed by atoms with Crippen molar-refractivity contribution >= 4 is 23.2 Å². The van der Waals surface area contributed by atoms with Gasteiger partial charge in [0, 0.05) is 38.1 Å². The molecule has 0 aromatic carbocycles. The molecule has 3 aromatic heterocycles. The molecule has 0 unspecified atom stereocenters. The molecule has 2 N–H and O–H groups in total. The lowest BCUT2D eigenvalue weighted by Gasteiger charge is -2.13. The van der Waals surface area contributed by atoms with Crippen molar-refractivity contribution in [2.45, 2.75) is 20.1 Å². The SMILES string of the molecule is COCc1ccc(-c2cnc(NC(C)=O)cc2Nc2cncc(OC(F)F)n2)nc1. The molecule has 0 bridgehead atoms. The Hall–Kier alpha value is -3.73. The molecule has 0 atom stereocenters. The van der Waals surface area contributed by atoms with Crippen molar-refractivity contribution in [1.82, 2.24) is 19.9 Å². The van der Waals surface area contributed by atoms with Gasteiger partial charge in [0.25, 0.3) is 0 Å². The second-order valence-corrected chi connectivity index (χ2v) is 6.03. The molecule has 0 fully saturated rings. The third-order valence-electron chi connectivity index (χ3n) is 3.70. The fraction of sp³-hybridized carbons (Fsp3) is 0.211. The summed E-state index contributed by atoms with van der Waals surface area (Å²) in [6.45, 7) is -1.24. The second-order valence-electron chi connectivity index (χ2n) is 6.03. The van der Waals surface area contributed by atoms with E-state index in [9.17, 15) is 13.6 Å². The number of alkyl halides is 2. The number of aromatic nitrogens is 4. The van der Waals surface area contributed by atoms with Gasteiger partial charge in [-0.25, -0.2) is 4.98 Å². The minimum Gasteiger partial charge on any atom is -0.415 e. The van der Waals surface area contributed by atoms with E-state index in [1.165, 1.54) is 19.3 Å². The van der Waals surface area contributed by atoms with Crippen LogP contribution in [-0.2, 0) is 16.1 Å². The predicted octanol–water partition coefficient (Wildman–Crippen LogP) is 3.38. The summed E-state index contributed by atoms with van der Waals surface area (Å²) in [5, 5.41) is 5.57. The van der Waals surface area contributed by atoms with Gasteiger partial charge in [-0.05, 0) is 11.6 Å². The molecule has 0 spiro atoms. The van der Waals surface area contributed by atoms with Crippen LogP contribution in [0.5, 0.6) is 5.88 Å². The van der Waals surface area contributed by atoms with E-state index >= 15 is 0 Å². The van der Waals surface area contributed by atoms with Gasteiger partial charge in [0.1, 0.15) is 5.82 Å². The van der Waals surface area contributed by atoms with Gasteiger partial charge in [-0.15, -0.1) is 0 Å². The Bertz CT molecular complexity index is 1020. The molecular formula is C19H18F2N6O3. The summed E-state index contributed by atoms with van der Waals surface area (Å²) in [6, 6.07) is 5.22. The molecule has 0 saturated heterocycles. The Balaban J connectivity index is 1.96. The zero-order valence-electron chi connectivity index (χ0n) is 16.1. The van der Waals surface area contributed by atoms with Crippen LogP contribution in [0.3, 0.4) is 0 Å². The van der Waals surface area contributed by atoms with Crippen LogP contribution in [0.2, 0.25) is 0 Å². The highest BCUT2D eigenvalue weighted by Gasteiger charge is 2.13. The largest absolute Gasteiger partial charge is 0.415 e. The van der Waals surface area contributed by atoms with E-state index in [-0.39, 0.29) is 23.4 Å². The summed E-state index contributed by atoms with van der Waals surface area (Å²) >= 11 is 0. The van der Waals surface area contributed by atoms with Gasteiger partial charge < -0.3 is 20.1 Å². The molecule has 30 heavy (non-hydrogen) atoms. The number of anilines is 3. The first-order valence-corrected chi connectivity index (χ1v) is 8.70. The lowest BCUT2D eigenvalue weighted by molar-refractivity contribution is -0.114. The minimum absolute atomic E-state index is 0.158. The highest BCUT2D eigenvalue weighted by molar-refractivity contribution is 5.89. The van der Waals surface area contributed by atoms with Crippen molar-refractivity contribution in [2.75, 3.05) is 17.7 Å². The quantitative estimate of drug-likeness (QED) is 0.575. The topological polar surface area (TPSA) is 111 Å². The van der Waals surface area contributed by atoms with E-state index in [4.69, 9.17) is 4.74 Å². The highest BCUT2D eigenvalue weighted by atomic mass is 19.3. The summed E-state index contributed by atoms with van der Waals surface area (Å²) in [5.41, 5.74) is 2.55. The number of halogens is 2. The normalized spacial score (nSPS) is 10.7. The Morgan fingerprint density at radius 3 is 2.63 bits per heavy atom. The van der Waals surface area contributed by atoms with Gasteiger partial charge in [-0.1, -0.05) is 6.07 Å². The maximum absolute atomic E-state index is 12.5. The third kappa shape index (κ3) is 5.64. The van der Waals surface area contributed by atoms with Crippen LogP contribution in [0.25, 0.3) is 11.3 Å². The molecule has 156 valence electrons. The molecule has 0 aliphatic carbocycles. The fourth-order valence-electron chi connectivity index (χ4n) is 2.54. The molecule has 9 nitrogen and oxygen atoms in total. The summed E-state index contributed by atoms with van der Waals surface area (Å²) in [5.74, 6) is -0.187. The highest BCUT2D eigenvalue weighted by Crippen LogP contribution is 2.30. The maximum atomic E-state index is 12.5. The first-order valence-electron chi connectivity index (χ1n) is 8.70. The van der Waals surface area contributed by atoms with Crippen molar-refractivity contribution in [3.63, 3.8) is 0 Å². The van der Waals surface area contributed by atoms with Gasteiger partial charge in [-0.3, -0.25) is 14.8 Å². The van der Waals surface area contributed by atoms with E-state index in [1.807, 2.05) is 6.07 Å². The maximum Gasteiger partial charge on any atom is 0.388 e. The smallest absolute Gasteiger partial charge is 0.388 e. The zero-order valence-corrected chi connectivity index (χ0v) is 16.1. The van der Waals surface area contributed by atoms with Crippen molar-refractivity contribution in [2.24, 2.45) is 0 Å². The number of hydrogen-bond acceptors (Lipinski definition) is 8. The average molecular weight is 416 g/mol. The Morgan fingerprint density at radius 1 is 1.13 bits per heavy atom. The second kappa shape index (κ2) is 9.65. The van der Waals surface area contributed by atoms with Crippen LogP contribution in [0.15, 0.2) is 43.0 Å². The van der Waals surface area contributed by atoms with Crippen molar-refractivity contribution < 1.29 is 23.0 Å². The molecular weight excluding hydrogens is 398 g/mol. The molecule has 3 aromatic rings. The molecule has 0 saturated carbocycles. The van der Waals surface area contributed by atoms with Gasteiger partial charge in [0.15, 0.2) is 5.82 Å². The lowest BCUT2D eigenvalue weighted by Crippen LogP contribution is -2.09. The van der Waals surface area contributed by atoms with Crippen molar-refractivity contribution in [3.8, 4) is 17.1 Å². The molecule has 1 amide bonds. The summed E-state index contributed by atoms with van der Waals surface area (Å²) in [6.07, 6.45) is 5.61. The third-order valence-corrected chi connectivity index (χ3v) is 3.70. The molecule has 0 radical (unpaired) electrons. The summed E-state index contributed by atoms with van der Waals surface area (Å²) in [4.78, 5) is 27.8. The van der Waals surface area contributed by atoms with E-state index in [2.05, 4.69) is 35.3 Å². The van der Waals surface area contributed by atoms with Crippen LogP contribution in [0, 0.1) is 0 Å². The number of nitrogens with one attached hydrogen (secondary N) is 2. The Kier molecular flexibility index (Phi) is 6.75. The number of hydrogen-bond donors (Lipinski definition) is 2. The number of nitrogens with zero attached hydrogens (tertiary/aromatic N) is 4. The van der Waals surface area contributed by atoms with Gasteiger partial charge in [-0.2, -0.15) is 13.8 Å². The number of rotatable bonds is 8.